The smallest absolute Gasteiger partial charge is 0.293 e. The molecule has 0 aliphatic carbocycles. The largest absolute Gasteiger partial charge is 0.366 e. The Morgan fingerprint density at radius 3 is 2.58 bits per heavy atom. The van der Waals surface area contributed by atoms with Crippen LogP contribution in [0.15, 0.2) is 41.0 Å². The quantitative estimate of drug-likeness (QED) is 0.593. The summed E-state index contributed by atoms with van der Waals surface area (Å²) in [6, 6.07) is 8.15. The minimum atomic E-state index is -1.08. The number of nitro benzene ring substituents is 1. The molecule has 0 saturated heterocycles. The van der Waals surface area contributed by atoms with Crippen LogP contribution in [-0.4, -0.2) is 21.4 Å². The van der Waals surface area contributed by atoms with Crippen LogP contribution in [0.3, 0.4) is 0 Å². The standard InChI is InChI=1S/C16H17BrN4O3/c1-10-4-7-14(18-9-10)19-15(22)16(2,3)20-12-6-5-11(17)8-13(12)21(23)24/h4-9,20H,1-3H3,(H,18,19,22). The summed E-state index contributed by atoms with van der Waals surface area (Å²) >= 11 is 3.20. The second-order valence-corrected chi connectivity index (χ2v) is 6.76. The van der Waals surface area contributed by atoms with Crippen LogP contribution in [0.25, 0.3) is 0 Å². The number of rotatable bonds is 5. The molecule has 0 spiro atoms. The molecule has 0 bridgehead atoms. The van der Waals surface area contributed by atoms with E-state index in [-0.39, 0.29) is 17.3 Å². The van der Waals surface area contributed by atoms with E-state index in [1.54, 1.807) is 38.2 Å². The number of pyridine rings is 1. The molecule has 7 nitrogen and oxygen atoms in total. The number of aryl methyl sites for hydroxylation is 1. The van der Waals surface area contributed by atoms with E-state index in [2.05, 4.69) is 31.5 Å². The number of anilines is 2. The number of carbonyl (C=O) groups excluding carboxylic acids is 1. The fraction of sp³-hybridized carbons (Fsp3) is 0.250. The van der Waals surface area contributed by atoms with Crippen molar-refractivity contribution in [2.45, 2.75) is 26.3 Å². The van der Waals surface area contributed by atoms with Crippen LogP contribution in [0.2, 0.25) is 0 Å². The molecule has 1 aromatic carbocycles. The van der Waals surface area contributed by atoms with Crippen molar-refractivity contribution in [2.75, 3.05) is 10.6 Å². The van der Waals surface area contributed by atoms with E-state index in [1.807, 2.05) is 13.0 Å². The lowest BCUT2D eigenvalue weighted by atomic mass is 10.0. The Morgan fingerprint density at radius 2 is 2.00 bits per heavy atom. The summed E-state index contributed by atoms with van der Waals surface area (Å²) in [5, 5.41) is 16.8. The number of carbonyl (C=O) groups is 1. The highest BCUT2D eigenvalue weighted by Crippen LogP contribution is 2.30. The summed E-state index contributed by atoms with van der Waals surface area (Å²) in [5.41, 5.74) is 0.0559. The lowest BCUT2D eigenvalue weighted by molar-refractivity contribution is -0.384. The van der Waals surface area contributed by atoms with Crippen molar-refractivity contribution in [2.24, 2.45) is 0 Å². The van der Waals surface area contributed by atoms with E-state index < -0.39 is 10.5 Å². The van der Waals surface area contributed by atoms with Crippen LogP contribution >= 0.6 is 15.9 Å². The molecular formula is C16H17BrN4O3. The van der Waals surface area contributed by atoms with Crippen LogP contribution in [0.5, 0.6) is 0 Å². The Hall–Kier alpha value is -2.48. The minimum absolute atomic E-state index is 0.112. The molecule has 0 aliphatic heterocycles. The van der Waals surface area contributed by atoms with Crippen LogP contribution in [0, 0.1) is 17.0 Å². The van der Waals surface area contributed by atoms with Gasteiger partial charge in [0.2, 0.25) is 0 Å². The zero-order valence-corrected chi connectivity index (χ0v) is 15.0. The molecule has 2 rings (SSSR count). The molecule has 2 aromatic rings. The lowest BCUT2D eigenvalue weighted by Crippen LogP contribution is -2.44. The van der Waals surface area contributed by atoms with Gasteiger partial charge in [0, 0.05) is 16.7 Å². The van der Waals surface area contributed by atoms with E-state index in [1.165, 1.54) is 6.07 Å². The number of nitrogens with one attached hydrogen (secondary N) is 2. The number of halogens is 1. The Morgan fingerprint density at radius 1 is 1.29 bits per heavy atom. The van der Waals surface area contributed by atoms with Gasteiger partial charge in [0.15, 0.2) is 0 Å². The summed E-state index contributed by atoms with van der Waals surface area (Å²) < 4.78 is 0.589. The van der Waals surface area contributed by atoms with Gasteiger partial charge >= 0.3 is 0 Å². The van der Waals surface area contributed by atoms with E-state index in [0.29, 0.717) is 10.3 Å². The summed E-state index contributed by atoms with van der Waals surface area (Å²) in [7, 11) is 0. The van der Waals surface area contributed by atoms with Crippen molar-refractivity contribution in [3.8, 4) is 0 Å². The molecule has 24 heavy (non-hydrogen) atoms. The van der Waals surface area contributed by atoms with Gasteiger partial charge in [-0.25, -0.2) is 4.98 Å². The molecule has 0 radical (unpaired) electrons. The third-order valence-corrected chi connectivity index (χ3v) is 3.82. The fourth-order valence-corrected chi connectivity index (χ4v) is 2.32. The highest BCUT2D eigenvalue weighted by Gasteiger charge is 2.30. The predicted molar refractivity (Wildman–Crippen MR) is 96.1 cm³/mol. The Kier molecular flexibility index (Phi) is 5.18. The molecule has 0 fully saturated rings. The average Bonchev–Trinajstić information content (AvgIpc) is 2.51. The maximum absolute atomic E-state index is 12.5. The van der Waals surface area contributed by atoms with Gasteiger partial charge in [-0.05, 0) is 44.5 Å². The van der Waals surface area contributed by atoms with Crippen molar-refractivity contribution in [3.05, 3.63) is 56.7 Å². The van der Waals surface area contributed by atoms with Crippen LogP contribution in [0.1, 0.15) is 19.4 Å². The molecule has 8 heteroatoms. The first-order chi connectivity index (χ1) is 11.2. The first-order valence-electron chi connectivity index (χ1n) is 7.15. The number of hydrogen-bond acceptors (Lipinski definition) is 5. The summed E-state index contributed by atoms with van der Waals surface area (Å²) in [6.07, 6.45) is 1.65. The van der Waals surface area contributed by atoms with Crippen molar-refractivity contribution in [1.29, 1.82) is 0 Å². The van der Waals surface area contributed by atoms with Gasteiger partial charge in [-0.2, -0.15) is 0 Å². The van der Waals surface area contributed by atoms with E-state index in [4.69, 9.17) is 0 Å². The van der Waals surface area contributed by atoms with Crippen molar-refractivity contribution < 1.29 is 9.72 Å². The third-order valence-electron chi connectivity index (χ3n) is 3.32. The lowest BCUT2D eigenvalue weighted by Gasteiger charge is -2.26. The van der Waals surface area contributed by atoms with Crippen LogP contribution in [0.4, 0.5) is 17.2 Å². The Labute approximate surface area is 147 Å². The highest BCUT2D eigenvalue weighted by molar-refractivity contribution is 9.10. The average molecular weight is 393 g/mol. The van der Waals surface area contributed by atoms with Gasteiger partial charge in [-0.15, -0.1) is 0 Å². The molecular weight excluding hydrogens is 376 g/mol. The van der Waals surface area contributed by atoms with Crippen molar-refractivity contribution in [1.82, 2.24) is 4.98 Å². The molecule has 126 valence electrons. The van der Waals surface area contributed by atoms with E-state index in [9.17, 15) is 14.9 Å². The molecule has 0 aliphatic rings. The SMILES string of the molecule is Cc1ccc(NC(=O)C(C)(C)Nc2ccc(Br)cc2[N+](=O)[O-])nc1. The second-order valence-electron chi connectivity index (χ2n) is 5.84. The summed E-state index contributed by atoms with van der Waals surface area (Å²) in [6.45, 7) is 5.18. The van der Waals surface area contributed by atoms with Gasteiger partial charge in [-0.1, -0.05) is 22.0 Å². The van der Waals surface area contributed by atoms with Crippen molar-refractivity contribution >= 4 is 39.0 Å². The molecule has 0 saturated carbocycles. The zero-order valence-electron chi connectivity index (χ0n) is 13.5. The molecule has 0 unspecified atom stereocenters. The molecule has 2 N–H and O–H groups in total. The molecule has 1 heterocycles. The number of nitro groups is 1. The van der Waals surface area contributed by atoms with Crippen LogP contribution in [-0.2, 0) is 4.79 Å². The monoisotopic (exact) mass is 392 g/mol. The Bertz CT molecular complexity index is 775. The van der Waals surface area contributed by atoms with Gasteiger partial charge in [0.25, 0.3) is 11.6 Å². The molecule has 0 atom stereocenters. The third kappa shape index (κ3) is 4.29. The predicted octanol–water partition coefficient (Wildman–Crippen LogP) is 3.89. The van der Waals surface area contributed by atoms with Gasteiger partial charge in [0.05, 0.1) is 4.92 Å². The van der Waals surface area contributed by atoms with Gasteiger partial charge in [-0.3, -0.25) is 14.9 Å². The first kappa shape index (κ1) is 17.9. The van der Waals surface area contributed by atoms with Gasteiger partial charge < -0.3 is 10.6 Å². The minimum Gasteiger partial charge on any atom is -0.366 e. The van der Waals surface area contributed by atoms with E-state index >= 15 is 0 Å². The first-order valence-corrected chi connectivity index (χ1v) is 7.94. The zero-order chi connectivity index (χ0) is 17.9. The number of amides is 1. The van der Waals surface area contributed by atoms with E-state index in [0.717, 1.165) is 5.56 Å². The maximum atomic E-state index is 12.5. The fourth-order valence-electron chi connectivity index (χ4n) is 1.97. The topological polar surface area (TPSA) is 97.2 Å². The number of aromatic nitrogens is 1. The normalized spacial score (nSPS) is 11.0. The maximum Gasteiger partial charge on any atom is 0.293 e. The van der Waals surface area contributed by atoms with Gasteiger partial charge in [0.1, 0.15) is 17.0 Å². The number of hydrogen-bond donors (Lipinski definition) is 2. The van der Waals surface area contributed by atoms with Crippen LogP contribution < -0.4 is 10.6 Å². The number of nitrogens with zero attached hydrogens (tertiary/aromatic N) is 2. The molecule has 1 aromatic heterocycles. The Balaban J connectivity index is 2.19. The summed E-state index contributed by atoms with van der Waals surface area (Å²) in [4.78, 5) is 27.3. The highest BCUT2D eigenvalue weighted by atomic mass is 79.9. The second kappa shape index (κ2) is 6.96. The van der Waals surface area contributed by atoms with Crippen molar-refractivity contribution in [3.63, 3.8) is 0 Å². The number of benzene rings is 1. The molecule has 1 amide bonds. The summed E-state index contributed by atoms with van der Waals surface area (Å²) in [5.74, 6) is 0.0712.